The first-order chi connectivity index (χ1) is 18.1. The maximum Gasteiger partial charge on any atom is 0.251 e. The lowest BCUT2D eigenvalue weighted by Gasteiger charge is -2.36. The molecule has 1 saturated heterocycles. The topological polar surface area (TPSA) is 91.7 Å². The van der Waals surface area contributed by atoms with Crippen molar-refractivity contribution < 1.29 is 19.3 Å². The highest BCUT2D eigenvalue weighted by Gasteiger charge is 2.32. The molecule has 3 atom stereocenters. The van der Waals surface area contributed by atoms with Gasteiger partial charge in [0.05, 0.1) is 18.8 Å². The quantitative estimate of drug-likeness (QED) is 0.189. The molecule has 0 saturated carbocycles. The first kappa shape index (κ1) is 25.4. The Bertz CT molecular complexity index is 1330. The zero-order valence-electron chi connectivity index (χ0n) is 20.4. The van der Waals surface area contributed by atoms with Crippen LogP contribution in [0.4, 0.5) is 0 Å². The van der Waals surface area contributed by atoms with Gasteiger partial charge in [-0.25, -0.2) is 0 Å². The molecule has 0 amide bonds. The number of nitrogens with zero attached hydrogens (tertiary/aromatic N) is 1. The molecule has 37 heavy (non-hydrogen) atoms. The van der Waals surface area contributed by atoms with E-state index >= 15 is 0 Å². The van der Waals surface area contributed by atoms with Gasteiger partial charge in [-0.2, -0.15) is 4.73 Å². The molecule has 3 aromatic carbocycles. The molecular weight excluding hydrogens is 484 g/mol. The predicted octanol–water partition coefficient (Wildman–Crippen LogP) is 5.28. The van der Waals surface area contributed by atoms with Crippen LogP contribution in [0.25, 0.3) is 11.1 Å². The fraction of sp³-hybridized carbons (Fsp3) is 0.233. The molecule has 6 nitrogen and oxygen atoms in total. The minimum Gasteiger partial charge on any atom is -0.618 e. The SMILES string of the molecule is NCc1cccc(-c2cccc(C3OC(CSc4cccc[n+]4[O-])CC(c4ccc(CO)cc4)O3)c2)c1. The smallest absolute Gasteiger partial charge is 0.251 e. The van der Waals surface area contributed by atoms with Gasteiger partial charge in [0.1, 0.15) is 0 Å². The van der Waals surface area contributed by atoms with Gasteiger partial charge in [-0.05, 0) is 46.0 Å². The van der Waals surface area contributed by atoms with E-state index in [4.69, 9.17) is 15.2 Å². The van der Waals surface area contributed by atoms with E-state index in [-0.39, 0.29) is 18.8 Å². The molecule has 3 N–H and O–H groups in total. The lowest BCUT2D eigenvalue weighted by Crippen LogP contribution is -2.32. The first-order valence-corrected chi connectivity index (χ1v) is 13.3. The highest BCUT2D eigenvalue weighted by atomic mass is 32.2. The van der Waals surface area contributed by atoms with Crippen LogP contribution in [0.3, 0.4) is 0 Å². The van der Waals surface area contributed by atoms with Gasteiger partial charge < -0.3 is 25.5 Å². The minimum atomic E-state index is -0.561. The first-order valence-electron chi connectivity index (χ1n) is 12.3. The largest absolute Gasteiger partial charge is 0.618 e. The van der Waals surface area contributed by atoms with E-state index in [0.29, 0.717) is 23.7 Å². The van der Waals surface area contributed by atoms with Crippen LogP contribution < -0.4 is 10.5 Å². The molecule has 7 heteroatoms. The second-order valence-electron chi connectivity index (χ2n) is 9.06. The van der Waals surface area contributed by atoms with Crippen molar-refractivity contribution >= 4 is 11.8 Å². The molecule has 4 aromatic rings. The lowest BCUT2D eigenvalue weighted by molar-refractivity contribution is -0.645. The summed E-state index contributed by atoms with van der Waals surface area (Å²) in [6.07, 6.45) is 1.29. The number of pyridine rings is 1. The van der Waals surface area contributed by atoms with Crippen molar-refractivity contribution in [3.8, 4) is 11.1 Å². The van der Waals surface area contributed by atoms with Gasteiger partial charge in [0.25, 0.3) is 5.03 Å². The second-order valence-corrected chi connectivity index (χ2v) is 10.1. The Balaban J connectivity index is 1.41. The summed E-state index contributed by atoms with van der Waals surface area (Å²) in [6.45, 7) is 0.491. The summed E-state index contributed by atoms with van der Waals surface area (Å²) in [4.78, 5) is 0. The van der Waals surface area contributed by atoms with Crippen molar-refractivity contribution in [2.45, 2.75) is 43.1 Å². The van der Waals surface area contributed by atoms with Crippen molar-refractivity contribution in [3.63, 3.8) is 0 Å². The van der Waals surface area contributed by atoms with Gasteiger partial charge in [-0.3, -0.25) is 0 Å². The molecule has 0 aliphatic carbocycles. The number of aromatic nitrogens is 1. The van der Waals surface area contributed by atoms with Gasteiger partial charge in [0.15, 0.2) is 12.5 Å². The molecular formula is C30H30N2O4S. The monoisotopic (exact) mass is 514 g/mol. The van der Waals surface area contributed by atoms with Crippen LogP contribution in [0.5, 0.6) is 0 Å². The second kappa shape index (κ2) is 11.9. The van der Waals surface area contributed by atoms with Crippen LogP contribution in [0.2, 0.25) is 0 Å². The number of rotatable bonds is 8. The van der Waals surface area contributed by atoms with Crippen LogP contribution in [0.1, 0.15) is 41.1 Å². The number of aliphatic hydroxyl groups excluding tert-OH is 1. The Kier molecular flexibility index (Phi) is 8.18. The van der Waals surface area contributed by atoms with Crippen LogP contribution >= 0.6 is 11.8 Å². The Morgan fingerprint density at radius 1 is 0.865 bits per heavy atom. The average molecular weight is 515 g/mol. The van der Waals surface area contributed by atoms with Gasteiger partial charge in [-0.1, -0.05) is 72.4 Å². The summed E-state index contributed by atoms with van der Waals surface area (Å²) >= 11 is 1.48. The number of hydrogen-bond acceptors (Lipinski definition) is 6. The number of aliphatic hydroxyl groups is 1. The molecule has 1 aliphatic rings. The lowest BCUT2D eigenvalue weighted by atomic mass is 9.99. The summed E-state index contributed by atoms with van der Waals surface area (Å²) in [6, 6.07) is 29.7. The summed E-state index contributed by atoms with van der Waals surface area (Å²) in [7, 11) is 0. The van der Waals surface area contributed by atoms with E-state index in [2.05, 4.69) is 24.3 Å². The third-order valence-electron chi connectivity index (χ3n) is 6.48. The molecule has 1 aromatic heterocycles. The van der Waals surface area contributed by atoms with E-state index in [1.54, 1.807) is 6.07 Å². The van der Waals surface area contributed by atoms with Crippen molar-refractivity contribution in [1.29, 1.82) is 0 Å². The molecule has 1 fully saturated rings. The van der Waals surface area contributed by atoms with E-state index in [1.165, 1.54) is 18.0 Å². The zero-order chi connectivity index (χ0) is 25.6. The summed E-state index contributed by atoms with van der Waals surface area (Å²) in [5, 5.41) is 22.2. The number of benzene rings is 3. The number of nitrogens with two attached hydrogens (primary N) is 1. The molecule has 190 valence electrons. The summed E-state index contributed by atoms with van der Waals surface area (Å²) < 4.78 is 13.8. The van der Waals surface area contributed by atoms with E-state index < -0.39 is 6.29 Å². The van der Waals surface area contributed by atoms with Gasteiger partial charge in [0.2, 0.25) is 0 Å². The highest BCUT2D eigenvalue weighted by molar-refractivity contribution is 7.99. The molecule has 0 radical (unpaired) electrons. The van der Waals surface area contributed by atoms with Crippen molar-refractivity contribution in [2.24, 2.45) is 5.73 Å². The number of ether oxygens (including phenoxy) is 2. The van der Waals surface area contributed by atoms with Crippen LogP contribution in [-0.2, 0) is 22.6 Å². The minimum absolute atomic E-state index is 0.00121. The van der Waals surface area contributed by atoms with Gasteiger partial charge in [0, 0.05) is 36.4 Å². The average Bonchev–Trinajstić information content (AvgIpc) is 2.97. The number of hydrogen-bond donors (Lipinski definition) is 2. The molecule has 0 bridgehead atoms. The maximum atomic E-state index is 12.1. The van der Waals surface area contributed by atoms with Crippen LogP contribution in [0.15, 0.2) is 102 Å². The van der Waals surface area contributed by atoms with Crippen molar-refractivity contribution in [2.75, 3.05) is 5.75 Å². The van der Waals surface area contributed by atoms with Crippen LogP contribution in [-0.4, -0.2) is 17.0 Å². The standard InChI is InChI=1S/C30H30N2O4S/c31-18-22-5-3-6-24(15-22)25-7-4-8-26(16-25)30-35-27(20-37-29-9-1-2-14-32(29)34)17-28(36-30)23-12-10-21(19-33)11-13-23/h1-16,27-28,30,33H,17-20,31H2. The fourth-order valence-electron chi connectivity index (χ4n) is 4.47. The van der Waals surface area contributed by atoms with E-state index in [1.807, 2.05) is 60.7 Å². The Labute approximate surface area is 221 Å². The van der Waals surface area contributed by atoms with E-state index in [9.17, 15) is 10.3 Å². The third-order valence-corrected chi connectivity index (χ3v) is 7.63. The molecule has 2 heterocycles. The maximum absolute atomic E-state index is 12.1. The Morgan fingerprint density at radius 3 is 2.41 bits per heavy atom. The third kappa shape index (κ3) is 6.21. The van der Waals surface area contributed by atoms with Gasteiger partial charge >= 0.3 is 0 Å². The molecule has 1 aliphatic heterocycles. The molecule has 0 spiro atoms. The zero-order valence-corrected chi connectivity index (χ0v) is 21.2. The van der Waals surface area contributed by atoms with E-state index in [0.717, 1.165) is 38.1 Å². The van der Waals surface area contributed by atoms with Crippen molar-refractivity contribution in [3.05, 3.63) is 125 Å². The Hall–Kier alpha value is -3.20. The molecule has 3 unspecified atom stereocenters. The molecule has 5 rings (SSSR count). The number of thioether (sulfide) groups is 1. The van der Waals surface area contributed by atoms with Crippen LogP contribution in [0, 0.1) is 5.21 Å². The van der Waals surface area contributed by atoms with Gasteiger partial charge in [-0.15, -0.1) is 0 Å². The Morgan fingerprint density at radius 2 is 1.65 bits per heavy atom. The summed E-state index contributed by atoms with van der Waals surface area (Å²) in [5.41, 5.74) is 11.9. The fourth-order valence-corrected chi connectivity index (χ4v) is 5.40. The van der Waals surface area contributed by atoms with Crippen molar-refractivity contribution in [1.82, 2.24) is 0 Å². The normalized spacial score (nSPS) is 19.6. The summed E-state index contributed by atoms with van der Waals surface area (Å²) in [5.74, 6) is 0.621. The predicted molar refractivity (Wildman–Crippen MR) is 144 cm³/mol. The highest BCUT2D eigenvalue weighted by Crippen LogP contribution is 2.40.